The van der Waals surface area contributed by atoms with Gasteiger partial charge in [0, 0.05) is 0 Å². The first-order valence-electron chi connectivity index (χ1n) is 4.39. The zero-order valence-electron chi connectivity index (χ0n) is 6.18. The second-order valence-electron chi connectivity index (χ2n) is 4.08. The lowest BCUT2D eigenvalue weighted by molar-refractivity contribution is -0.118. The van der Waals surface area contributed by atoms with Crippen molar-refractivity contribution < 1.29 is 4.74 Å². The summed E-state index contributed by atoms with van der Waals surface area (Å²) < 4.78 is 5.80. The quantitative estimate of drug-likeness (QED) is 0.495. The maximum absolute atomic E-state index is 5.80. The van der Waals surface area contributed by atoms with E-state index >= 15 is 0 Å². The molecule has 2 heterocycles. The molecule has 0 aromatic rings. The second kappa shape index (κ2) is 1.76. The average Bonchev–Trinajstić information content (AvgIpc) is 1.82. The largest absolute Gasteiger partial charge is 0.375 e. The maximum Gasteiger partial charge on any atom is 0.0587 e. The first-order chi connectivity index (χ1) is 4.90. The van der Waals surface area contributed by atoms with E-state index in [0.717, 1.165) is 5.92 Å². The number of hydrogen-bond donors (Lipinski definition) is 0. The van der Waals surface area contributed by atoms with Crippen molar-refractivity contribution >= 4 is 0 Å². The Morgan fingerprint density at radius 1 is 1.00 bits per heavy atom. The van der Waals surface area contributed by atoms with E-state index in [2.05, 4.69) is 0 Å². The van der Waals surface area contributed by atoms with E-state index < -0.39 is 0 Å². The molecule has 1 nitrogen and oxygen atoms in total. The molecular formula is C9H13O. The highest BCUT2D eigenvalue weighted by Crippen LogP contribution is 2.48. The molecule has 0 N–H and O–H groups in total. The minimum absolute atomic E-state index is 0.640. The van der Waals surface area contributed by atoms with Crippen LogP contribution in [-0.2, 0) is 4.74 Å². The minimum Gasteiger partial charge on any atom is -0.375 e. The molecule has 2 unspecified atom stereocenters. The lowest BCUT2D eigenvalue weighted by atomic mass is 9.67. The van der Waals surface area contributed by atoms with Gasteiger partial charge in [-0.25, -0.2) is 0 Å². The Labute approximate surface area is 61.8 Å². The second-order valence-corrected chi connectivity index (χ2v) is 4.08. The van der Waals surface area contributed by atoms with Crippen LogP contribution in [0.1, 0.15) is 32.1 Å². The van der Waals surface area contributed by atoms with Crippen LogP contribution in [0.2, 0.25) is 0 Å². The third-order valence-corrected chi connectivity index (χ3v) is 3.19. The molecule has 10 heavy (non-hydrogen) atoms. The van der Waals surface area contributed by atoms with E-state index in [1.165, 1.54) is 32.1 Å². The molecule has 4 bridgehead atoms. The van der Waals surface area contributed by atoms with Crippen LogP contribution >= 0.6 is 0 Å². The van der Waals surface area contributed by atoms with Crippen LogP contribution in [0.3, 0.4) is 0 Å². The number of rotatable bonds is 0. The summed E-state index contributed by atoms with van der Waals surface area (Å²) in [5.74, 6) is 2.82. The van der Waals surface area contributed by atoms with E-state index in [0.29, 0.717) is 12.2 Å². The maximum atomic E-state index is 5.80. The lowest BCUT2D eigenvalue weighted by Gasteiger charge is -2.49. The molecule has 55 valence electrons. The monoisotopic (exact) mass is 137 g/mol. The zero-order valence-corrected chi connectivity index (χ0v) is 6.18. The van der Waals surface area contributed by atoms with Gasteiger partial charge in [-0.1, -0.05) is 0 Å². The summed E-state index contributed by atoms with van der Waals surface area (Å²) in [6.45, 7) is 0. The van der Waals surface area contributed by atoms with Crippen molar-refractivity contribution in [1.82, 2.24) is 0 Å². The van der Waals surface area contributed by atoms with Crippen LogP contribution in [0.5, 0.6) is 0 Å². The van der Waals surface area contributed by atoms with Gasteiger partial charge in [0.1, 0.15) is 0 Å². The van der Waals surface area contributed by atoms with E-state index in [-0.39, 0.29) is 0 Å². The lowest BCUT2D eigenvalue weighted by Crippen LogP contribution is -2.45. The predicted molar refractivity (Wildman–Crippen MR) is 38.5 cm³/mol. The summed E-state index contributed by atoms with van der Waals surface area (Å²) in [5.41, 5.74) is 0. The molecular weight excluding hydrogens is 124 g/mol. The van der Waals surface area contributed by atoms with Crippen LogP contribution in [0.25, 0.3) is 0 Å². The van der Waals surface area contributed by atoms with Crippen LogP contribution < -0.4 is 0 Å². The van der Waals surface area contributed by atoms with E-state index in [1.807, 2.05) is 5.92 Å². The summed E-state index contributed by atoms with van der Waals surface area (Å²) in [7, 11) is 0. The number of hydrogen-bond acceptors (Lipinski definition) is 1. The Bertz CT molecular complexity index is 96.3. The molecule has 2 aliphatic carbocycles. The standard InChI is InChI=1S/C9H13O/c1-6-2-8-4-7(1)5-9(3-6)10-8/h6,8-9H,1-5H2. The van der Waals surface area contributed by atoms with Gasteiger partial charge < -0.3 is 4.74 Å². The third kappa shape index (κ3) is 0.672. The van der Waals surface area contributed by atoms with Gasteiger partial charge in [0.25, 0.3) is 0 Å². The third-order valence-electron chi connectivity index (χ3n) is 3.19. The smallest absolute Gasteiger partial charge is 0.0587 e. The molecule has 2 saturated carbocycles. The molecule has 4 rings (SSSR count). The summed E-state index contributed by atoms with van der Waals surface area (Å²) in [5, 5.41) is 0. The van der Waals surface area contributed by atoms with Gasteiger partial charge >= 0.3 is 0 Å². The average molecular weight is 137 g/mol. The van der Waals surface area contributed by atoms with Crippen LogP contribution in [0.15, 0.2) is 0 Å². The van der Waals surface area contributed by atoms with Gasteiger partial charge in [0.05, 0.1) is 12.2 Å². The van der Waals surface area contributed by atoms with Gasteiger partial charge in [-0.05, 0) is 43.9 Å². The zero-order chi connectivity index (χ0) is 6.55. The Morgan fingerprint density at radius 3 is 2.20 bits per heavy atom. The number of ether oxygens (including phenoxy) is 1. The highest BCUT2D eigenvalue weighted by atomic mass is 16.5. The fraction of sp³-hybridized carbons (Fsp3) is 0.889. The van der Waals surface area contributed by atoms with E-state index in [1.54, 1.807) is 0 Å². The molecule has 0 amide bonds. The van der Waals surface area contributed by atoms with Crippen molar-refractivity contribution in [1.29, 1.82) is 0 Å². The molecule has 4 aliphatic rings. The van der Waals surface area contributed by atoms with Gasteiger partial charge in [-0.15, -0.1) is 0 Å². The predicted octanol–water partition coefficient (Wildman–Crippen LogP) is 1.92. The first-order valence-corrected chi connectivity index (χ1v) is 4.39. The summed E-state index contributed by atoms with van der Waals surface area (Å²) >= 11 is 0. The van der Waals surface area contributed by atoms with E-state index in [9.17, 15) is 0 Å². The normalized spacial score (nSPS) is 52.2. The minimum atomic E-state index is 0.640. The molecule has 2 saturated heterocycles. The highest BCUT2D eigenvalue weighted by Gasteiger charge is 2.43. The Balaban J connectivity index is 1.90. The molecule has 0 aromatic heterocycles. The SMILES string of the molecule is C1[C]2CC3CC1CC(C2)O3. The fourth-order valence-corrected chi connectivity index (χ4v) is 2.95. The van der Waals surface area contributed by atoms with Crippen molar-refractivity contribution in [3.05, 3.63) is 5.92 Å². The van der Waals surface area contributed by atoms with Gasteiger partial charge in [0.2, 0.25) is 0 Å². The Morgan fingerprint density at radius 2 is 1.70 bits per heavy atom. The van der Waals surface area contributed by atoms with Gasteiger partial charge in [0.15, 0.2) is 0 Å². The molecule has 1 heteroatoms. The van der Waals surface area contributed by atoms with Gasteiger partial charge in [-0.3, -0.25) is 0 Å². The molecule has 0 aromatic carbocycles. The Hall–Kier alpha value is -0.0400. The van der Waals surface area contributed by atoms with E-state index in [4.69, 9.17) is 4.74 Å². The molecule has 1 radical (unpaired) electrons. The summed E-state index contributed by atoms with van der Waals surface area (Å²) in [6, 6.07) is 0. The topological polar surface area (TPSA) is 9.23 Å². The molecule has 4 fully saturated rings. The van der Waals surface area contributed by atoms with Gasteiger partial charge in [-0.2, -0.15) is 0 Å². The first kappa shape index (κ1) is 5.59. The van der Waals surface area contributed by atoms with Crippen molar-refractivity contribution in [2.75, 3.05) is 0 Å². The summed E-state index contributed by atoms with van der Waals surface area (Å²) in [4.78, 5) is 0. The van der Waals surface area contributed by atoms with Crippen molar-refractivity contribution in [2.24, 2.45) is 5.92 Å². The highest BCUT2D eigenvalue weighted by molar-refractivity contribution is 5.08. The van der Waals surface area contributed by atoms with Crippen molar-refractivity contribution in [2.45, 2.75) is 44.3 Å². The van der Waals surface area contributed by atoms with Crippen LogP contribution in [0.4, 0.5) is 0 Å². The fourth-order valence-electron chi connectivity index (χ4n) is 2.95. The van der Waals surface area contributed by atoms with Crippen molar-refractivity contribution in [3.63, 3.8) is 0 Å². The van der Waals surface area contributed by atoms with Crippen LogP contribution in [-0.4, -0.2) is 12.2 Å². The van der Waals surface area contributed by atoms with Crippen LogP contribution in [0, 0.1) is 11.8 Å². The Kier molecular flexibility index (Phi) is 0.984. The molecule has 2 atom stereocenters. The van der Waals surface area contributed by atoms with Crippen molar-refractivity contribution in [3.8, 4) is 0 Å². The summed E-state index contributed by atoms with van der Waals surface area (Å²) in [6.07, 6.45) is 8.04. The molecule has 2 aliphatic heterocycles. The molecule has 0 spiro atoms.